The minimum atomic E-state index is -0.282. The largest absolute Gasteiger partial charge is 0.494 e. The lowest BCUT2D eigenvalue weighted by molar-refractivity contribution is 0.0842. The van der Waals surface area contributed by atoms with Crippen molar-refractivity contribution in [2.45, 2.75) is 32.5 Å². The molecule has 0 saturated carbocycles. The minimum absolute atomic E-state index is 0.0854. The fourth-order valence-corrected chi connectivity index (χ4v) is 2.12. The molecule has 1 N–H and O–H groups in total. The molecule has 1 fully saturated rings. The van der Waals surface area contributed by atoms with Crippen LogP contribution in [0.2, 0.25) is 0 Å². The lowest BCUT2D eigenvalue weighted by atomic mass is 9.79. The summed E-state index contributed by atoms with van der Waals surface area (Å²) in [5.41, 5.74) is 1.84. The van der Waals surface area contributed by atoms with Crippen molar-refractivity contribution < 1.29 is 9.31 Å². The Morgan fingerprint density at radius 1 is 1.26 bits per heavy atom. The predicted octanol–water partition coefficient (Wildman–Crippen LogP) is 1.99. The summed E-state index contributed by atoms with van der Waals surface area (Å²) in [6.45, 7) is 6.14. The molecule has 2 aromatic rings. The van der Waals surface area contributed by atoms with Crippen LogP contribution >= 0.6 is 0 Å². The molecule has 1 aliphatic heterocycles. The van der Waals surface area contributed by atoms with Gasteiger partial charge in [0.15, 0.2) is 0 Å². The van der Waals surface area contributed by atoms with Crippen LogP contribution in [0.5, 0.6) is 0 Å². The van der Waals surface area contributed by atoms with E-state index in [9.17, 15) is 0 Å². The molecule has 0 radical (unpaired) electrons. The van der Waals surface area contributed by atoms with Gasteiger partial charge in [-0.2, -0.15) is 0 Å². The first-order chi connectivity index (χ1) is 9.06. The highest BCUT2D eigenvalue weighted by Gasteiger charge is 2.43. The minimum Gasteiger partial charge on any atom is -0.402 e. The number of aromatic nitrogens is 2. The Labute approximate surface area is 113 Å². The van der Waals surface area contributed by atoms with E-state index in [1.165, 1.54) is 0 Å². The molecule has 1 atom stereocenters. The molecular formula is C14H17BN2O2. The Morgan fingerprint density at radius 3 is 2.53 bits per heavy atom. The number of nitrogens with zero attached hydrogens (tertiary/aromatic N) is 1. The fourth-order valence-electron chi connectivity index (χ4n) is 2.12. The summed E-state index contributed by atoms with van der Waals surface area (Å²) < 4.78 is 11.8. The summed E-state index contributed by atoms with van der Waals surface area (Å²) in [4.78, 5) is 7.32. The van der Waals surface area contributed by atoms with Crippen molar-refractivity contribution in [3.05, 3.63) is 36.7 Å². The number of rotatable bonds is 2. The molecule has 5 heteroatoms. The van der Waals surface area contributed by atoms with Gasteiger partial charge in [-0.15, -0.1) is 0 Å². The van der Waals surface area contributed by atoms with Crippen LogP contribution in [0.15, 0.2) is 36.7 Å². The van der Waals surface area contributed by atoms with Crippen LogP contribution in [0.1, 0.15) is 20.8 Å². The molecule has 2 heterocycles. The van der Waals surface area contributed by atoms with E-state index in [0.717, 1.165) is 16.9 Å². The van der Waals surface area contributed by atoms with Crippen LogP contribution in [-0.4, -0.2) is 28.8 Å². The zero-order valence-corrected chi connectivity index (χ0v) is 11.4. The Kier molecular flexibility index (Phi) is 2.95. The zero-order valence-electron chi connectivity index (χ0n) is 11.4. The highest BCUT2D eigenvalue weighted by atomic mass is 16.7. The van der Waals surface area contributed by atoms with E-state index in [4.69, 9.17) is 9.31 Å². The second-order valence-corrected chi connectivity index (χ2v) is 5.39. The molecular weight excluding hydrogens is 239 g/mol. The summed E-state index contributed by atoms with van der Waals surface area (Å²) in [5.74, 6) is 0.869. The summed E-state index contributed by atoms with van der Waals surface area (Å²) in [6, 6.07) is 8.10. The van der Waals surface area contributed by atoms with Crippen LogP contribution in [0.3, 0.4) is 0 Å². The first kappa shape index (κ1) is 12.4. The van der Waals surface area contributed by atoms with Crippen molar-refractivity contribution in [3.63, 3.8) is 0 Å². The van der Waals surface area contributed by atoms with Gasteiger partial charge in [-0.25, -0.2) is 4.98 Å². The van der Waals surface area contributed by atoms with E-state index in [1.807, 2.05) is 37.4 Å². The maximum absolute atomic E-state index is 5.93. The number of hydrogen-bond donors (Lipinski definition) is 1. The number of benzene rings is 1. The third-order valence-electron chi connectivity index (χ3n) is 3.67. The van der Waals surface area contributed by atoms with E-state index in [-0.39, 0.29) is 18.8 Å². The molecule has 1 aliphatic rings. The lowest BCUT2D eigenvalue weighted by Crippen LogP contribution is -2.34. The van der Waals surface area contributed by atoms with Crippen LogP contribution in [-0.2, 0) is 9.31 Å². The average molecular weight is 256 g/mol. The van der Waals surface area contributed by atoms with Gasteiger partial charge < -0.3 is 14.3 Å². The van der Waals surface area contributed by atoms with Crippen molar-refractivity contribution in [2.75, 3.05) is 0 Å². The van der Waals surface area contributed by atoms with Gasteiger partial charge in [-0.3, -0.25) is 0 Å². The number of imidazole rings is 1. The van der Waals surface area contributed by atoms with Gasteiger partial charge in [0, 0.05) is 18.0 Å². The zero-order chi connectivity index (χ0) is 13.5. The van der Waals surface area contributed by atoms with E-state index in [1.54, 1.807) is 6.20 Å². The summed E-state index contributed by atoms with van der Waals surface area (Å²) in [6.07, 6.45) is 3.65. The third kappa shape index (κ3) is 2.31. The molecule has 4 nitrogen and oxygen atoms in total. The highest BCUT2D eigenvalue weighted by molar-refractivity contribution is 6.62. The number of aromatic amines is 1. The second-order valence-electron chi connectivity index (χ2n) is 5.39. The molecule has 0 bridgehead atoms. The summed E-state index contributed by atoms with van der Waals surface area (Å²) in [5, 5.41) is 0. The van der Waals surface area contributed by atoms with Crippen molar-refractivity contribution in [2.24, 2.45) is 0 Å². The molecule has 1 saturated heterocycles. The molecule has 0 spiro atoms. The monoisotopic (exact) mass is 256 g/mol. The second kappa shape index (κ2) is 4.51. The molecule has 1 aromatic heterocycles. The SMILES string of the molecule is CC1OB(c2ccc(-c3ncc[nH]3)cc2)OC1(C)C. The molecule has 1 unspecified atom stereocenters. The first-order valence-corrected chi connectivity index (χ1v) is 6.49. The van der Waals surface area contributed by atoms with E-state index < -0.39 is 0 Å². The van der Waals surface area contributed by atoms with E-state index >= 15 is 0 Å². The standard InChI is InChI=1S/C14H17BN2O2/c1-10-14(2,3)19-15(18-10)12-6-4-11(5-7-12)13-16-8-9-17-13/h4-10H,1-3H3,(H,16,17). The van der Waals surface area contributed by atoms with E-state index in [2.05, 4.69) is 23.8 Å². The van der Waals surface area contributed by atoms with Crippen molar-refractivity contribution >= 4 is 12.6 Å². The molecule has 0 aliphatic carbocycles. The normalized spacial score (nSPS) is 21.8. The van der Waals surface area contributed by atoms with Gasteiger partial charge in [0.25, 0.3) is 0 Å². The molecule has 0 amide bonds. The Hall–Kier alpha value is -1.59. The molecule has 1 aromatic carbocycles. The first-order valence-electron chi connectivity index (χ1n) is 6.49. The van der Waals surface area contributed by atoms with Gasteiger partial charge in [0.05, 0.1) is 11.7 Å². The average Bonchev–Trinajstić information content (AvgIpc) is 2.99. The van der Waals surface area contributed by atoms with Crippen LogP contribution < -0.4 is 5.46 Å². The fraction of sp³-hybridized carbons (Fsp3) is 0.357. The van der Waals surface area contributed by atoms with Crippen LogP contribution in [0.4, 0.5) is 0 Å². The third-order valence-corrected chi connectivity index (χ3v) is 3.67. The van der Waals surface area contributed by atoms with Crippen molar-refractivity contribution in [3.8, 4) is 11.4 Å². The quantitative estimate of drug-likeness (QED) is 0.836. The number of H-pyrrole nitrogens is 1. The Morgan fingerprint density at radius 2 is 2.00 bits per heavy atom. The maximum Gasteiger partial charge on any atom is 0.494 e. The van der Waals surface area contributed by atoms with Gasteiger partial charge in [0.2, 0.25) is 0 Å². The highest BCUT2D eigenvalue weighted by Crippen LogP contribution is 2.27. The van der Waals surface area contributed by atoms with Gasteiger partial charge in [-0.05, 0) is 26.2 Å². The Balaban J connectivity index is 1.81. The molecule has 98 valence electrons. The Bertz CT molecular complexity index is 551. The topological polar surface area (TPSA) is 47.1 Å². The number of nitrogens with one attached hydrogen (secondary N) is 1. The van der Waals surface area contributed by atoms with Crippen LogP contribution in [0, 0.1) is 0 Å². The van der Waals surface area contributed by atoms with E-state index in [0.29, 0.717) is 0 Å². The van der Waals surface area contributed by atoms with Crippen molar-refractivity contribution in [1.29, 1.82) is 0 Å². The molecule has 19 heavy (non-hydrogen) atoms. The van der Waals surface area contributed by atoms with Gasteiger partial charge in [0.1, 0.15) is 5.82 Å². The number of hydrogen-bond acceptors (Lipinski definition) is 3. The van der Waals surface area contributed by atoms with Crippen LogP contribution in [0.25, 0.3) is 11.4 Å². The smallest absolute Gasteiger partial charge is 0.402 e. The maximum atomic E-state index is 5.93. The molecule has 3 rings (SSSR count). The summed E-state index contributed by atoms with van der Waals surface area (Å²) >= 11 is 0. The summed E-state index contributed by atoms with van der Waals surface area (Å²) in [7, 11) is -0.282. The predicted molar refractivity (Wildman–Crippen MR) is 75.1 cm³/mol. The lowest BCUT2D eigenvalue weighted by Gasteiger charge is -2.21. The van der Waals surface area contributed by atoms with Gasteiger partial charge in [-0.1, -0.05) is 24.3 Å². The van der Waals surface area contributed by atoms with Gasteiger partial charge >= 0.3 is 7.12 Å². The van der Waals surface area contributed by atoms with Crippen molar-refractivity contribution in [1.82, 2.24) is 9.97 Å².